The minimum Gasteiger partial charge on any atom is -0.457 e. The van der Waals surface area contributed by atoms with Crippen LogP contribution < -0.4 is 4.74 Å². The van der Waals surface area contributed by atoms with Crippen LogP contribution in [0.15, 0.2) is 206 Å². The van der Waals surface area contributed by atoms with E-state index < -0.39 is 0 Å². The first-order valence-corrected chi connectivity index (χ1v) is 18.2. The van der Waals surface area contributed by atoms with Crippen molar-refractivity contribution in [2.45, 2.75) is 0 Å². The van der Waals surface area contributed by atoms with E-state index in [0.29, 0.717) is 0 Å². The molecule has 53 heavy (non-hydrogen) atoms. The Kier molecular flexibility index (Phi) is 7.55. The van der Waals surface area contributed by atoms with Crippen molar-refractivity contribution in [2.75, 3.05) is 0 Å². The third-order valence-electron chi connectivity index (χ3n) is 10.5. The van der Waals surface area contributed by atoms with Crippen molar-refractivity contribution < 1.29 is 4.74 Å². The van der Waals surface area contributed by atoms with E-state index in [9.17, 15) is 0 Å². The number of hydrogen-bond acceptors (Lipinski definition) is 1. The van der Waals surface area contributed by atoms with Gasteiger partial charge < -0.3 is 4.74 Å². The summed E-state index contributed by atoms with van der Waals surface area (Å²) < 4.78 is 6.53. The second-order valence-electron chi connectivity index (χ2n) is 13.6. The molecule has 0 saturated carbocycles. The number of ether oxygens (including phenoxy) is 1. The maximum absolute atomic E-state index is 6.53. The lowest BCUT2D eigenvalue weighted by molar-refractivity contribution is 0.483. The first kappa shape index (κ1) is 30.8. The van der Waals surface area contributed by atoms with Gasteiger partial charge in [0.05, 0.1) is 0 Å². The monoisotopic (exact) mass is 674 g/mol. The smallest absolute Gasteiger partial charge is 0.128 e. The quantitative estimate of drug-likeness (QED) is 0.126. The molecule has 0 saturated heterocycles. The molecule has 10 aromatic rings. The van der Waals surface area contributed by atoms with Crippen LogP contribution in [-0.4, -0.2) is 0 Å². The van der Waals surface area contributed by atoms with Crippen LogP contribution >= 0.6 is 0 Å². The Bertz CT molecular complexity index is 2940. The van der Waals surface area contributed by atoms with Gasteiger partial charge in [0, 0.05) is 0 Å². The highest BCUT2D eigenvalue weighted by atomic mass is 16.5. The fourth-order valence-corrected chi connectivity index (χ4v) is 8.11. The molecule has 0 radical (unpaired) electrons. The van der Waals surface area contributed by atoms with Crippen LogP contribution in [-0.2, 0) is 0 Å². The Labute approximate surface area is 309 Å². The van der Waals surface area contributed by atoms with E-state index in [1.807, 2.05) is 30.3 Å². The number of fused-ring (bicyclic) bond motifs is 5. The molecule has 10 rings (SSSR count). The van der Waals surface area contributed by atoms with Crippen LogP contribution in [0, 0.1) is 0 Å². The molecule has 1 heteroatoms. The van der Waals surface area contributed by atoms with Gasteiger partial charge in [-0.2, -0.15) is 0 Å². The van der Waals surface area contributed by atoms with Crippen LogP contribution in [0.1, 0.15) is 0 Å². The van der Waals surface area contributed by atoms with Crippen LogP contribution in [0.5, 0.6) is 11.5 Å². The van der Waals surface area contributed by atoms with E-state index >= 15 is 0 Å². The molecule has 0 bridgehead atoms. The first-order chi connectivity index (χ1) is 26.3. The van der Waals surface area contributed by atoms with Gasteiger partial charge in [0.15, 0.2) is 0 Å². The molecule has 0 spiro atoms. The molecule has 0 aliphatic carbocycles. The minimum atomic E-state index is 0.807. The lowest BCUT2D eigenvalue weighted by Gasteiger charge is -2.21. The summed E-state index contributed by atoms with van der Waals surface area (Å²) in [4.78, 5) is 0. The van der Waals surface area contributed by atoms with Gasteiger partial charge in [-0.25, -0.2) is 0 Å². The van der Waals surface area contributed by atoms with Crippen molar-refractivity contribution >= 4 is 43.1 Å². The van der Waals surface area contributed by atoms with E-state index in [1.54, 1.807) is 0 Å². The minimum absolute atomic E-state index is 0.807. The van der Waals surface area contributed by atoms with E-state index in [2.05, 4.69) is 176 Å². The van der Waals surface area contributed by atoms with Crippen LogP contribution in [0.3, 0.4) is 0 Å². The fraction of sp³-hybridized carbons (Fsp3) is 0. The summed E-state index contributed by atoms with van der Waals surface area (Å²) in [6.07, 6.45) is 0. The number of rotatable bonds is 6. The normalized spacial score (nSPS) is 11.4. The summed E-state index contributed by atoms with van der Waals surface area (Å²) in [7, 11) is 0. The van der Waals surface area contributed by atoms with Crippen molar-refractivity contribution in [3.05, 3.63) is 206 Å². The molecule has 10 aromatic carbocycles. The first-order valence-electron chi connectivity index (χ1n) is 18.2. The van der Waals surface area contributed by atoms with Crippen LogP contribution in [0.2, 0.25) is 0 Å². The summed E-state index contributed by atoms with van der Waals surface area (Å²) >= 11 is 0. The van der Waals surface area contributed by atoms with Gasteiger partial charge in [0.2, 0.25) is 0 Å². The van der Waals surface area contributed by atoms with Crippen molar-refractivity contribution in [1.82, 2.24) is 0 Å². The van der Waals surface area contributed by atoms with Gasteiger partial charge in [0.25, 0.3) is 0 Å². The highest BCUT2D eigenvalue weighted by Gasteiger charge is 2.21. The van der Waals surface area contributed by atoms with Gasteiger partial charge in [-0.1, -0.05) is 176 Å². The fourth-order valence-electron chi connectivity index (χ4n) is 8.11. The molecule has 1 nitrogen and oxygen atoms in total. The van der Waals surface area contributed by atoms with E-state index in [4.69, 9.17) is 4.74 Å². The van der Waals surface area contributed by atoms with Crippen molar-refractivity contribution in [2.24, 2.45) is 0 Å². The number of hydrogen-bond donors (Lipinski definition) is 0. The molecule has 0 atom stereocenters. The van der Waals surface area contributed by atoms with Crippen molar-refractivity contribution in [1.29, 1.82) is 0 Å². The molecule has 0 unspecified atom stereocenters. The Morgan fingerprint density at radius 2 is 0.755 bits per heavy atom. The molecular weight excluding hydrogens is 641 g/mol. The Morgan fingerprint density at radius 3 is 1.49 bits per heavy atom. The standard InChI is InChI=1S/C52H34O/c1-3-15-35(16-4-1)36-27-29-37(30-28-36)41-20-9-12-24-45(41)51-46-25-13-14-26-47(46)52(50-34-40(31-32-48(50)51)53-39-18-5-2-6-19-39)49-33-38-17-7-8-21-42(38)43-22-10-11-23-44(43)49/h1-34H. The highest BCUT2D eigenvalue weighted by molar-refractivity contribution is 6.26. The summed E-state index contributed by atoms with van der Waals surface area (Å²) in [6, 6.07) is 73.9. The van der Waals surface area contributed by atoms with Gasteiger partial charge in [-0.3, -0.25) is 0 Å². The van der Waals surface area contributed by atoms with Gasteiger partial charge in [0.1, 0.15) is 11.5 Å². The Hall–Kier alpha value is -6.96. The molecular formula is C52H34O. The summed E-state index contributed by atoms with van der Waals surface area (Å²) in [5, 5.41) is 9.74. The maximum Gasteiger partial charge on any atom is 0.128 e. The zero-order chi connectivity index (χ0) is 35.1. The molecule has 0 aliphatic heterocycles. The highest BCUT2D eigenvalue weighted by Crippen LogP contribution is 2.49. The lowest BCUT2D eigenvalue weighted by atomic mass is 9.82. The van der Waals surface area contributed by atoms with Crippen LogP contribution in [0.4, 0.5) is 0 Å². The molecule has 0 amide bonds. The molecule has 248 valence electrons. The van der Waals surface area contributed by atoms with Gasteiger partial charge >= 0.3 is 0 Å². The van der Waals surface area contributed by atoms with E-state index in [-0.39, 0.29) is 0 Å². The van der Waals surface area contributed by atoms with Gasteiger partial charge in [-0.05, 0) is 118 Å². The second kappa shape index (κ2) is 13.0. The average molecular weight is 675 g/mol. The topological polar surface area (TPSA) is 9.23 Å². The predicted molar refractivity (Wildman–Crippen MR) is 225 cm³/mol. The Balaban J connectivity index is 1.27. The predicted octanol–water partition coefficient (Wildman–Crippen LogP) is 14.8. The maximum atomic E-state index is 6.53. The van der Waals surface area contributed by atoms with Crippen molar-refractivity contribution in [3.8, 4) is 56.0 Å². The molecule has 0 heterocycles. The zero-order valence-corrected chi connectivity index (χ0v) is 29.0. The van der Waals surface area contributed by atoms with Crippen LogP contribution in [0.25, 0.3) is 87.6 Å². The molecule has 0 N–H and O–H groups in total. The Morgan fingerprint density at radius 1 is 0.245 bits per heavy atom. The second-order valence-corrected chi connectivity index (χ2v) is 13.6. The largest absolute Gasteiger partial charge is 0.457 e. The summed E-state index contributed by atoms with van der Waals surface area (Å²) in [5.41, 5.74) is 9.66. The molecule has 0 aliphatic rings. The molecule has 0 fully saturated rings. The number of benzene rings is 10. The third kappa shape index (κ3) is 5.42. The lowest BCUT2D eigenvalue weighted by Crippen LogP contribution is -1.94. The number of para-hydroxylation sites is 1. The van der Waals surface area contributed by atoms with Crippen molar-refractivity contribution in [3.63, 3.8) is 0 Å². The van der Waals surface area contributed by atoms with E-state index in [1.165, 1.54) is 82.2 Å². The van der Waals surface area contributed by atoms with Gasteiger partial charge in [-0.15, -0.1) is 0 Å². The SMILES string of the molecule is c1ccc(Oc2ccc3c(-c4ccccc4-c4ccc(-c5ccccc5)cc4)c4ccccc4c(-c4cc5ccccc5c5ccccc45)c3c2)cc1. The summed E-state index contributed by atoms with van der Waals surface area (Å²) in [6.45, 7) is 0. The zero-order valence-electron chi connectivity index (χ0n) is 29.0. The third-order valence-corrected chi connectivity index (χ3v) is 10.5. The molecule has 0 aromatic heterocycles. The average Bonchev–Trinajstić information content (AvgIpc) is 3.23. The van der Waals surface area contributed by atoms with E-state index in [0.717, 1.165) is 16.9 Å². The summed E-state index contributed by atoms with van der Waals surface area (Å²) in [5.74, 6) is 1.62.